The monoisotopic (exact) mass is 290 g/mol. The molecule has 0 radical (unpaired) electrons. The molecule has 0 saturated heterocycles. The van der Waals surface area contributed by atoms with Crippen molar-refractivity contribution in [2.24, 2.45) is 0 Å². The van der Waals surface area contributed by atoms with E-state index in [4.69, 9.17) is 0 Å². The van der Waals surface area contributed by atoms with Crippen molar-refractivity contribution >= 4 is 21.4 Å². The van der Waals surface area contributed by atoms with Crippen LogP contribution in [0.2, 0.25) is 0 Å². The number of rotatable bonds is 2. The molecular weight excluding hydrogens is 278 g/mol. The highest BCUT2D eigenvalue weighted by molar-refractivity contribution is 7.19. The van der Waals surface area contributed by atoms with Crippen LogP contribution in [0.1, 0.15) is 22.1 Å². The molecular formula is C16H12F2OS. The van der Waals surface area contributed by atoms with Gasteiger partial charge in [0, 0.05) is 15.1 Å². The van der Waals surface area contributed by atoms with Crippen molar-refractivity contribution in [2.45, 2.75) is 13.0 Å². The lowest BCUT2D eigenvalue weighted by Gasteiger charge is -2.10. The molecule has 1 N–H and O–H groups in total. The summed E-state index contributed by atoms with van der Waals surface area (Å²) in [5, 5.41) is 11.2. The molecule has 20 heavy (non-hydrogen) atoms. The molecule has 3 rings (SSSR count). The van der Waals surface area contributed by atoms with Gasteiger partial charge >= 0.3 is 0 Å². The van der Waals surface area contributed by atoms with Crippen LogP contribution < -0.4 is 0 Å². The third-order valence-electron chi connectivity index (χ3n) is 3.22. The van der Waals surface area contributed by atoms with Crippen LogP contribution in [0.3, 0.4) is 0 Å². The van der Waals surface area contributed by atoms with E-state index in [0.29, 0.717) is 4.88 Å². The quantitative estimate of drug-likeness (QED) is 0.733. The summed E-state index contributed by atoms with van der Waals surface area (Å²) >= 11 is 1.27. The molecule has 1 aromatic heterocycles. The van der Waals surface area contributed by atoms with Gasteiger partial charge in [0.25, 0.3) is 0 Å². The minimum atomic E-state index is -1.03. The molecule has 1 heterocycles. The van der Waals surface area contributed by atoms with Gasteiger partial charge in [0.05, 0.1) is 0 Å². The van der Waals surface area contributed by atoms with Gasteiger partial charge in [-0.1, -0.05) is 23.8 Å². The summed E-state index contributed by atoms with van der Waals surface area (Å²) in [5.41, 5.74) is 1.13. The lowest BCUT2D eigenvalue weighted by Crippen LogP contribution is -2.00. The van der Waals surface area contributed by atoms with Gasteiger partial charge in [-0.2, -0.15) is 0 Å². The van der Waals surface area contributed by atoms with Crippen molar-refractivity contribution in [1.29, 1.82) is 0 Å². The average Bonchev–Trinajstić information content (AvgIpc) is 2.83. The molecule has 0 spiro atoms. The third-order valence-corrected chi connectivity index (χ3v) is 4.37. The predicted molar refractivity (Wildman–Crippen MR) is 77.0 cm³/mol. The molecule has 0 aliphatic carbocycles. The molecule has 1 unspecified atom stereocenters. The third kappa shape index (κ3) is 2.32. The van der Waals surface area contributed by atoms with Crippen molar-refractivity contribution in [2.75, 3.05) is 0 Å². The molecule has 4 heteroatoms. The first-order chi connectivity index (χ1) is 9.54. The summed E-state index contributed by atoms with van der Waals surface area (Å²) in [4.78, 5) is 0.607. The number of halogens is 2. The van der Waals surface area contributed by atoms with E-state index in [9.17, 15) is 13.9 Å². The fourth-order valence-electron chi connectivity index (χ4n) is 2.19. The zero-order chi connectivity index (χ0) is 14.3. The first-order valence-corrected chi connectivity index (χ1v) is 6.99. The summed E-state index contributed by atoms with van der Waals surface area (Å²) in [6, 6.07) is 10.9. The topological polar surface area (TPSA) is 20.2 Å². The molecule has 0 amide bonds. The SMILES string of the molecule is Cc1ccc(F)c(C(O)c2cc3ccc(F)cc3s2)c1. The number of benzene rings is 2. The highest BCUT2D eigenvalue weighted by atomic mass is 32.1. The first-order valence-electron chi connectivity index (χ1n) is 6.18. The number of aliphatic hydroxyl groups is 1. The van der Waals surface area contributed by atoms with E-state index < -0.39 is 11.9 Å². The molecule has 1 atom stereocenters. The Morgan fingerprint density at radius 2 is 1.85 bits per heavy atom. The van der Waals surface area contributed by atoms with Crippen molar-refractivity contribution in [3.63, 3.8) is 0 Å². The Hall–Kier alpha value is -1.78. The predicted octanol–water partition coefficient (Wildman–Crippen LogP) is 4.57. The fraction of sp³-hybridized carbons (Fsp3) is 0.125. The summed E-state index contributed by atoms with van der Waals surface area (Å²) in [5.74, 6) is -0.756. The maximum atomic E-state index is 13.8. The average molecular weight is 290 g/mol. The number of hydrogen-bond donors (Lipinski definition) is 1. The van der Waals surface area contributed by atoms with Gasteiger partial charge < -0.3 is 5.11 Å². The highest BCUT2D eigenvalue weighted by Crippen LogP contribution is 2.34. The van der Waals surface area contributed by atoms with E-state index in [1.165, 1.54) is 29.5 Å². The molecule has 0 aliphatic rings. The van der Waals surface area contributed by atoms with E-state index in [2.05, 4.69) is 0 Å². The van der Waals surface area contributed by atoms with Crippen LogP contribution in [0.15, 0.2) is 42.5 Å². The maximum absolute atomic E-state index is 13.8. The lowest BCUT2D eigenvalue weighted by molar-refractivity contribution is 0.219. The van der Waals surface area contributed by atoms with Crippen LogP contribution in [0.4, 0.5) is 8.78 Å². The molecule has 0 saturated carbocycles. The van der Waals surface area contributed by atoms with E-state index >= 15 is 0 Å². The van der Waals surface area contributed by atoms with E-state index in [-0.39, 0.29) is 11.4 Å². The Morgan fingerprint density at radius 3 is 2.65 bits per heavy atom. The lowest BCUT2D eigenvalue weighted by atomic mass is 10.0. The van der Waals surface area contributed by atoms with Gasteiger partial charge in [-0.05, 0) is 36.6 Å². The maximum Gasteiger partial charge on any atom is 0.129 e. The molecule has 0 aliphatic heterocycles. The van der Waals surface area contributed by atoms with Crippen LogP contribution in [0.25, 0.3) is 10.1 Å². The Bertz CT molecular complexity index is 779. The van der Waals surface area contributed by atoms with Gasteiger partial charge in [0.1, 0.15) is 17.7 Å². The van der Waals surface area contributed by atoms with E-state index in [1.54, 1.807) is 24.3 Å². The zero-order valence-corrected chi connectivity index (χ0v) is 11.5. The van der Waals surface area contributed by atoms with Gasteiger partial charge in [-0.15, -0.1) is 11.3 Å². The van der Waals surface area contributed by atoms with Gasteiger partial charge in [0.2, 0.25) is 0 Å². The summed E-state index contributed by atoms with van der Waals surface area (Å²) in [6.45, 7) is 1.84. The summed E-state index contributed by atoms with van der Waals surface area (Å²) in [6.07, 6.45) is -1.03. The van der Waals surface area contributed by atoms with E-state index in [1.807, 2.05) is 6.92 Å². The number of aliphatic hydroxyl groups excluding tert-OH is 1. The summed E-state index contributed by atoms with van der Waals surface area (Å²) < 4.78 is 27.7. The van der Waals surface area contributed by atoms with Crippen LogP contribution in [0.5, 0.6) is 0 Å². The molecule has 3 aromatic rings. The summed E-state index contributed by atoms with van der Waals surface area (Å²) in [7, 11) is 0. The number of aryl methyl sites for hydroxylation is 1. The second-order valence-electron chi connectivity index (χ2n) is 4.76. The Kier molecular flexibility index (Phi) is 3.28. The zero-order valence-electron chi connectivity index (χ0n) is 10.7. The molecule has 0 fully saturated rings. The van der Waals surface area contributed by atoms with Crippen molar-refractivity contribution in [3.8, 4) is 0 Å². The minimum Gasteiger partial charge on any atom is -0.383 e. The van der Waals surface area contributed by atoms with Crippen LogP contribution in [-0.2, 0) is 0 Å². The number of thiophene rings is 1. The number of fused-ring (bicyclic) bond motifs is 1. The Balaban J connectivity index is 2.07. The highest BCUT2D eigenvalue weighted by Gasteiger charge is 2.17. The van der Waals surface area contributed by atoms with Crippen molar-refractivity contribution in [3.05, 3.63) is 70.1 Å². The number of hydrogen-bond acceptors (Lipinski definition) is 2. The van der Waals surface area contributed by atoms with Crippen LogP contribution in [0, 0.1) is 18.6 Å². The molecule has 102 valence electrons. The van der Waals surface area contributed by atoms with E-state index in [0.717, 1.165) is 15.6 Å². The smallest absolute Gasteiger partial charge is 0.129 e. The van der Waals surface area contributed by atoms with Gasteiger partial charge in [0.15, 0.2) is 0 Å². The van der Waals surface area contributed by atoms with Crippen LogP contribution >= 0.6 is 11.3 Å². The standard InChI is InChI=1S/C16H12F2OS/c1-9-2-5-13(18)12(6-9)16(19)15-7-10-3-4-11(17)8-14(10)20-15/h2-8,16,19H,1H3. The Morgan fingerprint density at radius 1 is 1.05 bits per heavy atom. The second kappa shape index (κ2) is 4.96. The van der Waals surface area contributed by atoms with Gasteiger partial charge in [-0.25, -0.2) is 8.78 Å². The largest absolute Gasteiger partial charge is 0.383 e. The normalized spacial score (nSPS) is 12.8. The van der Waals surface area contributed by atoms with Gasteiger partial charge in [-0.3, -0.25) is 0 Å². The Labute approximate surface area is 119 Å². The molecule has 1 nitrogen and oxygen atoms in total. The molecule has 2 aromatic carbocycles. The minimum absolute atomic E-state index is 0.247. The van der Waals surface area contributed by atoms with Crippen molar-refractivity contribution < 1.29 is 13.9 Å². The van der Waals surface area contributed by atoms with Crippen molar-refractivity contribution in [1.82, 2.24) is 0 Å². The molecule has 0 bridgehead atoms. The first kappa shape index (κ1) is 13.2. The fourth-order valence-corrected chi connectivity index (χ4v) is 3.28. The second-order valence-corrected chi connectivity index (χ2v) is 5.87. The van der Waals surface area contributed by atoms with Crippen LogP contribution in [-0.4, -0.2) is 5.11 Å².